The van der Waals surface area contributed by atoms with Crippen molar-refractivity contribution in [2.24, 2.45) is 0 Å². The van der Waals surface area contributed by atoms with Gasteiger partial charge in [0.25, 0.3) is 0 Å². The average Bonchev–Trinajstić information content (AvgIpc) is 2.39. The van der Waals surface area contributed by atoms with E-state index in [9.17, 15) is 14.7 Å². The number of carbonyl (C=O) groups is 2. The maximum Gasteiger partial charge on any atom is 0.303 e. The average molecular weight is 306 g/mol. The number of carbonyl (C=O) groups excluding carboxylic acids is 1. The number of rotatable bonds is 7. The third kappa shape index (κ3) is 5.17. The molecule has 122 valence electrons. The molecule has 0 bridgehead atoms. The number of aryl methyl sites for hydroxylation is 1. The van der Waals surface area contributed by atoms with Gasteiger partial charge in [-0.15, -0.1) is 0 Å². The summed E-state index contributed by atoms with van der Waals surface area (Å²) in [6, 6.07) is 3.51. The van der Waals surface area contributed by atoms with Crippen LogP contribution < -0.4 is 0 Å². The number of phenols is 1. The predicted molar refractivity (Wildman–Crippen MR) is 86.6 cm³/mol. The molecule has 0 aliphatic heterocycles. The number of aliphatic carboxylic acids is 1. The van der Waals surface area contributed by atoms with E-state index < -0.39 is 5.97 Å². The van der Waals surface area contributed by atoms with E-state index in [2.05, 4.69) is 0 Å². The Morgan fingerprint density at radius 2 is 1.64 bits per heavy atom. The van der Waals surface area contributed by atoms with Gasteiger partial charge in [-0.2, -0.15) is 0 Å². The molecule has 0 aromatic heterocycles. The normalized spacial score (nSPS) is 11.5. The van der Waals surface area contributed by atoms with Crippen molar-refractivity contribution < 1.29 is 19.8 Å². The van der Waals surface area contributed by atoms with Gasteiger partial charge in [-0.25, -0.2) is 0 Å². The van der Waals surface area contributed by atoms with Crippen LogP contribution >= 0.6 is 0 Å². The summed E-state index contributed by atoms with van der Waals surface area (Å²) < 4.78 is 0. The molecular weight excluding hydrogens is 280 g/mol. The molecule has 0 atom stereocenters. The summed E-state index contributed by atoms with van der Waals surface area (Å²) in [5.41, 5.74) is 1.88. The first-order valence-corrected chi connectivity index (χ1v) is 7.72. The monoisotopic (exact) mass is 306 g/mol. The zero-order valence-corrected chi connectivity index (χ0v) is 13.9. The summed E-state index contributed by atoms with van der Waals surface area (Å²) in [7, 11) is 0. The smallest absolute Gasteiger partial charge is 0.303 e. The van der Waals surface area contributed by atoms with Crippen LogP contribution in [0.4, 0.5) is 0 Å². The summed E-state index contributed by atoms with van der Waals surface area (Å²) >= 11 is 0. The number of aromatic hydroxyl groups is 1. The summed E-state index contributed by atoms with van der Waals surface area (Å²) in [6.45, 7) is 7.80. The van der Waals surface area contributed by atoms with Gasteiger partial charge in [-0.1, -0.05) is 27.2 Å². The molecule has 0 amide bonds. The van der Waals surface area contributed by atoms with Crippen LogP contribution in [0.15, 0.2) is 12.1 Å². The van der Waals surface area contributed by atoms with Crippen molar-refractivity contribution in [1.29, 1.82) is 0 Å². The highest BCUT2D eigenvalue weighted by Gasteiger charge is 2.21. The number of carboxylic acid groups (broad SMARTS) is 1. The lowest BCUT2D eigenvalue weighted by Gasteiger charge is -2.22. The van der Waals surface area contributed by atoms with Crippen LogP contribution in [0.5, 0.6) is 5.75 Å². The van der Waals surface area contributed by atoms with Gasteiger partial charge < -0.3 is 10.2 Å². The molecular formula is C18H26O4. The largest absolute Gasteiger partial charge is 0.507 e. The van der Waals surface area contributed by atoms with E-state index in [0.717, 1.165) is 12.0 Å². The van der Waals surface area contributed by atoms with Gasteiger partial charge in [-0.05, 0) is 42.9 Å². The first kappa shape index (κ1) is 18.2. The fourth-order valence-electron chi connectivity index (χ4n) is 2.40. The Hall–Kier alpha value is -1.84. The second-order valence-electron chi connectivity index (χ2n) is 6.82. The minimum absolute atomic E-state index is 0.0453. The standard InChI is InChI=1S/C18H26O4/c1-12-10-13(11-14(17(12)22)18(2,3)4)15(19)8-6-5-7-9-16(20)21/h10-11,22H,5-9H2,1-4H3,(H,20,21). The van der Waals surface area contributed by atoms with E-state index in [-0.39, 0.29) is 23.4 Å². The first-order valence-electron chi connectivity index (χ1n) is 7.72. The van der Waals surface area contributed by atoms with Crippen LogP contribution in [0.1, 0.15) is 74.4 Å². The molecule has 22 heavy (non-hydrogen) atoms. The predicted octanol–water partition coefficient (Wildman–Crippen LogP) is 4.22. The van der Waals surface area contributed by atoms with Crippen molar-refractivity contribution in [3.63, 3.8) is 0 Å². The molecule has 0 fully saturated rings. The molecule has 2 N–H and O–H groups in total. The van der Waals surface area contributed by atoms with Crippen molar-refractivity contribution >= 4 is 11.8 Å². The van der Waals surface area contributed by atoms with Gasteiger partial charge in [-0.3, -0.25) is 9.59 Å². The van der Waals surface area contributed by atoms with Gasteiger partial charge in [0.1, 0.15) is 5.75 Å². The van der Waals surface area contributed by atoms with E-state index >= 15 is 0 Å². The molecule has 0 saturated carbocycles. The van der Waals surface area contributed by atoms with Gasteiger partial charge >= 0.3 is 5.97 Å². The van der Waals surface area contributed by atoms with Crippen molar-refractivity contribution in [1.82, 2.24) is 0 Å². The van der Waals surface area contributed by atoms with Gasteiger partial charge in [0, 0.05) is 24.0 Å². The van der Waals surface area contributed by atoms with E-state index in [1.807, 2.05) is 20.8 Å². The zero-order valence-electron chi connectivity index (χ0n) is 13.9. The third-order valence-electron chi connectivity index (χ3n) is 3.72. The highest BCUT2D eigenvalue weighted by Crippen LogP contribution is 2.34. The molecule has 0 spiro atoms. The molecule has 0 aliphatic rings. The number of benzene rings is 1. The number of carboxylic acids is 1. The Kier molecular flexibility index (Phi) is 6.15. The van der Waals surface area contributed by atoms with Crippen molar-refractivity contribution in [3.05, 3.63) is 28.8 Å². The SMILES string of the molecule is Cc1cc(C(=O)CCCCCC(=O)O)cc(C(C)(C)C)c1O. The summed E-state index contributed by atoms with van der Waals surface area (Å²) in [5.74, 6) is -0.496. The number of Topliss-reactive ketones (excluding diaryl/α,β-unsaturated/α-hetero) is 1. The fourth-order valence-corrected chi connectivity index (χ4v) is 2.40. The van der Waals surface area contributed by atoms with Crippen LogP contribution in [0.3, 0.4) is 0 Å². The van der Waals surface area contributed by atoms with E-state index in [1.165, 1.54) is 0 Å². The molecule has 0 saturated heterocycles. The summed E-state index contributed by atoms with van der Waals surface area (Å²) in [6.07, 6.45) is 2.59. The molecule has 1 rings (SSSR count). The molecule has 1 aromatic carbocycles. The number of phenolic OH excluding ortho intramolecular Hbond substituents is 1. The Labute approximate surface area is 132 Å². The Morgan fingerprint density at radius 3 is 2.18 bits per heavy atom. The van der Waals surface area contributed by atoms with Gasteiger partial charge in [0.05, 0.1) is 0 Å². The molecule has 4 nitrogen and oxygen atoms in total. The highest BCUT2D eigenvalue weighted by atomic mass is 16.4. The second kappa shape index (κ2) is 7.43. The third-order valence-corrected chi connectivity index (χ3v) is 3.72. The number of hydrogen-bond donors (Lipinski definition) is 2. The van der Waals surface area contributed by atoms with E-state index in [1.54, 1.807) is 19.1 Å². The lowest BCUT2D eigenvalue weighted by molar-refractivity contribution is -0.137. The molecule has 0 aliphatic carbocycles. The van der Waals surface area contributed by atoms with E-state index in [4.69, 9.17) is 5.11 Å². The molecule has 0 heterocycles. The highest BCUT2D eigenvalue weighted by molar-refractivity contribution is 5.96. The second-order valence-corrected chi connectivity index (χ2v) is 6.82. The van der Waals surface area contributed by atoms with Crippen LogP contribution in [-0.2, 0) is 10.2 Å². The number of ketones is 1. The maximum absolute atomic E-state index is 12.3. The van der Waals surface area contributed by atoms with Crippen molar-refractivity contribution in [3.8, 4) is 5.75 Å². The lowest BCUT2D eigenvalue weighted by Crippen LogP contribution is -2.13. The fraction of sp³-hybridized carbons (Fsp3) is 0.556. The molecule has 4 heteroatoms. The Balaban J connectivity index is 2.74. The van der Waals surface area contributed by atoms with Crippen LogP contribution in [0.25, 0.3) is 0 Å². The number of hydrogen-bond acceptors (Lipinski definition) is 3. The Bertz CT molecular complexity index is 553. The minimum Gasteiger partial charge on any atom is -0.507 e. The van der Waals surface area contributed by atoms with Crippen molar-refractivity contribution in [2.45, 2.75) is 65.2 Å². The van der Waals surface area contributed by atoms with Crippen molar-refractivity contribution in [2.75, 3.05) is 0 Å². The zero-order chi connectivity index (χ0) is 16.9. The van der Waals surface area contributed by atoms with Crippen LogP contribution in [-0.4, -0.2) is 22.0 Å². The van der Waals surface area contributed by atoms with Gasteiger partial charge in [0.15, 0.2) is 5.78 Å². The first-order chi connectivity index (χ1) is 10.1. The molecule has 1 aromatic rings. The quantitative estimate of drug-likeness (QED) is 0.584. The maximum atomic E-state index is 12.3. The summed E-state index contributed by atoms with van der Waals surface area (Å²) in [5, 5.41) is 18.7. The van der Waals surface area contributed by atoms with Gasteiger partial charge in [0.2, 0.25) is 0 Å². The minimum atomic E-state index is -0.796. The van der Waals surface area contributed by atoms with Crippen LogP contribution in [0, 0.1) is 6.92 Å². The molecule has 0 unspecified atom stereocenters. The number of unbranched alkanes of at least 4 members (excludes halogenated alkanes) is 2. The van der Waals surface area contributed by atoms with Crippen LogP contribution in [0.2, 0.25) is 0 Å². The summed E-state index contributed by atoms with van der Waals surface area (Å²) in [4.78, 5) is 22.7. The molecule has 0 radical (unpaired) electrons. The topological polar surface area (TPSA) is 74.6 Å². The van der Waals surface area contributed by atoms with E-state index in [0.29, 0.717) is 30.4 Å². The Morgan fingerprint density at radius 1 is 1.05 bits per heavy atom. The lowest BCUT2D eigenvalue weighted by atomic mass is 9.83.